The van der Waals surface area contributed by atoms with Crippen molar-refractivity contribution < 1.29 is 13.2 Å². The minimum atomic E-state index is -3.53. The third kappa shape index (κ3) is 1.83. The lowest BCUT2D eigenvalue weighted by atomic mass is 10.2. The molecule has 5 heteroatoms. The first-order valence-electron chi connectivity index (χ1n) is 3.59. The van der Waals surface area contributed by atoms with Crippen molar-refractivity contribution in [3.63, 3.8) is 0 Å². The summed E-state index contributed by atoms with van der Waals surface area (Å²) in [4.78, 5) is 11.2. The Morgan fingerprint density at radius 2 is 2.08 bits per heavy atom. The predicted octanol–water partition coefficient (Wildman–Crippen LogP) is -0.0977. The zero-order chi connectivity index (χ0) is 9.35. The third-order valence-corrected chi connectivity index (χ3v) is 2.98. The van der Waals surface area contributed by atoms with E-state index in [9.17, 15) is 13.2 Å². The Labute approximate surface area is 71.1 Å². The van der Waals surface area contributed by atoms with E-state index in [1.165, 1.54) is 6.07 Å². The number of rotatable bonds is 3. The highest BCUT2D eigenvalue weighted by atomic mass is 32.2. The number of ketones is 1. The van der Waals surface area contributed by atoms with Gasteiger partial charge in [-0.3, -0.25) is 4.79 Å². The molecule has 1 atom stereocenters. The quantitative estimate of drug-likeness (QED) is 0.618. The minimum Gasteiger partial charge on any atom is -0.297 e. The number of carbonyl (C=O) groups is 1. The first-order valence-corrected chi connectivity index (χ1v) is 5.54. The second-order valence-corrected chi connectivity index (χ2v) is 5.15. The summed E-state index contributed by atoms with van der Waals surface area (Å²) in [6.07, 6.45) is 2.38. The summed E-state index contributed by atoms with van der Waals surface area (Å²) >= 11 is 0. The third-order valence-electron chi connectivity index (χ3n) is 1.78. The molecular weight excluding hydrogens is 178 g/mol. The Kier molecular flexibility index (Phi) is 2.20. The maximum Gasteiger partial charge on any atom is 0.205 e. The molecule has 66 valence electrons. The first kappa shape index (κ1) is 9.20. The minimum absolute atomic E-state index is 0.177. The Hall–Kier alpha value is -0.890. The normalized spacial score (nSPS) is 19.7. The molecule has 4 nitrogen and oxygen atoms in total. The highest BCUT2D eigenvalue weighted by Gasteiger charge is 2.39. The summed E-state index contributed by atoms with van der Waals surface area (Å²) in [5.74, 6) is -0.607. The van der Waals surface area contributed by atoms with E-state index < -0.39 is 20.9 Å². The Bertz CT molecular complexity index is 334. The lowest BCUT2D eigenvalue weighted by Crippen LogP contribution is -2.29. The van der Waals surface area contributed by atoms with Crippen LogP contribution in [-0.4, -0.2) is 25.7 Å². The molecular formula is C7H9NO3S. The number of carbonyl (C=O) groups excluding carboxylic acids is 1. The van der Waals surface area contributed by atoms with Crippen LogP contribution < -0.4 is 0 Å². The van der Waals surface area contributed by atoms with Gasteiger partial charge in [0.2, 0.25) is 5.25 Å². The van der Waals surface area contributed by atoms with Gasteiger partial charge in [-0.1, -0.05) is 0 Å². The predicted molar refractivity (Wildman–Crippen MR) is 42.0 cm³/mol. The second kappa shape index (κ2) is 2.87. The molecule has 1 aliphatic carbocycles. The fourth-order valence-electron chi connectivity index (χ4n) is 0.952. The van der Waals surface area contributed by atoms with Crippen LogP contribution >= 0.6 is 0 Å². The van der Waals surface area contributed by atoms with Crippen molar-refractivity contribution >= 4 is 15.6 Å². The van der Waals surface area contributed by atoms with Gasteiger partial charge in [-0.25, -0.2) is 8.42 Å². The van der Waals surface area contributed by atoms with E-state index in [0.717, 1.165) is 19.1 Å². The number of hydrogen-bond acceptors (Lipinski definition) is 4. The molecule has 0 radical (unpaired) electrons. The molecule has 0 saturated heterocycles. The van der Waals surface area contributed by atoms with Crippen LogP contribution in [0.2, 0.25) is 0 Å². The fraction of sp³-hybridized carbons (Fsp3) is 0.714. The van der Waals surface area contributed by atoms with E-state index in [1.54, 1.807) is 0 Å². The number of Topliss-reactive ketones (excluding diaryl/α,β-unsaturated/α-hetero) is 1. The smallest absolute Gasteiger partial charge is 0.205 e. The van der Waals surface area contributed by atoms with Crippen LogP contribution in [0.25, 0.3) is 0 Å². The highest BCUT2D eigenvalue weighted by molar-refractivity contribution is 7.92. The van der Waals surface area contributed by atoms with Gasteiger partial charge in [0, 0.05) is 12.2 Å². The molecule has 0 bridgehead atoms. The largest absolute Gasteiger partial charge is 0.297 e. The van der Waals surface area contributed by atoms with E-state index in [2.05, 4.69) is 0 Å². The average Bonchev–Trinajstić information content (AvgIpc) is 2.65. The number of hydrogen-bond donors (Lipinski definition) is 0. The van der Waals surface area contributed by atoms with Gasteiger partial charge in [0.05, 0.1) is 6.07 Å². The molecule has 1 rings (SSSR count). The Morgan fingerprint density at radius 3 is 2.33 bits per heavy atom. The van der Waals surface area contributed by atoms with E-state index in [4.69, 9.17) is 5.26 Å². The zero-order valence-corrected chi connectivity index (χ0v) is 7.47. The molecule has 0 aliphatic heterocycles. The van der Waals surface area contributed by atoms with Crippen LogP contribution in [0.5, 0.6) is 0 Å². The second-order valence-electron chi connectivity index (χ2n) is 3.02. The first-order chi connectivity index (χ1) is 5.46. The van der Waals surface area contributed by atoms with Gasteiger partial charge in [0.15, 0.2) is 15.6 Å². The molecule has 0 aromatic rings. The van der Waals surface area contributed by atoms with Crippen LogP contribution in [0.3, 0.4) is 0 Å². The topological polar surface area (TPSA) is 75.0 Å². The van der Waals surface area contributed by atoms with Crippen LogP contribution in [0.15, 0.2) is 0 Å². The molecule has 1 aliphatic rings. The summed E-state index contributed by atoms with van der Waals surface area (Å²) in [6, 6.07) is 1.53. The maximum atomic E-state index is 11.2. The van der Waals surface area contributed by atoms with E-state index in [-0.39, 0.29) is 5.92 Å². The van der Waals surface area contributed by atoms with Crippen molar-refractivity contribution in [2.45, 2.75) is 18.1 Å². The van der Waals surface area contributed by atoms with Crippen molar-refractivity contribution in [1.82, 2.24) is 0 Å². The molecule has 1 unspecified atom stereocenters. The number of sulfone groups is 1. The molecule has 1 fully saturated rings. The van der Waals surface area contributed by atoms with Gasteiger partial charge < -0.3 is 0 Å². The summed E-state index contributed by atoms with van der Waals surface area (Å²) in [5, 5.41) is 7.02. The van der Waals surface area contributed by atoms with Gasteiger partial charge in [-0.05, 0) is 12.8 Å². The molecule has 0 spiro atoms. The molecule has 0 aromatic carbocycles. The summed E-state index contributed by atoms with van der Waals surface area (Å²) in [5.41, 5.74) is 0. The lowest BCUT2D eigenvalue weighted by molar-refractivity contribution is -0.118. The van der Waals surface area contributed by atoms with Crippen molar-refractivity contribution in [1.29, 1.82) is 5.26 Å². The summed E-state index contributed by atoms with van der Waals surface area (Å²) in [6.45, 7) is 0. The van der Waals surface area contributed by atoms with E-state index in [1.807, 2.05) is 0 Å². The lowest BCUT2D eigenvalue weighted by Gasteiger charge is -2.02. The van der Waals surface area contributed by atoms with Crippen LogP contribution in [0.4, 0.5) is 0 Å². The molecule has 1 saturated carbocycles. The standard InChI is InChI=1S/C7H9NO3S/c1-12(10,11)6(4-8)7(9)5-2-3-5/h5-6H,2-3H2,1H3. The molecule has 0 N–H and O–H groups in total. The monoisotopic (exact) mass is 187 g/mol. The van der Waals surface area contributed by atoms with Crippen LogP contribution in [-0.2, 0) is 14.6 Å². The fourth-order valence-corrected chi connectivity index (χ4v) is 1.76. The van der Waals surface area contributed by atoms with E-state index >= 15 is 0 Å². The Morgan fingerprint density at radius 1 is 1.58 bits per heavy atom. The van der Waals surface area contributed by atoms with E-state index in [0.29, 0.717) is 0 Å². The van der Waals surface area contributed by atoms with Crippen molar-refractivity contribution in [2.24, 2.45) is 5.92 Å². The van der Waals surface area contributed by atoms with Gasteiger partial charge in [0.1, 0.15) is 0 Å². The highest BCUT2D eigenvalue weighted by Crippen LogP contribution is 2.31. The molecule has 0 aromatic heterocycles. The SMILES string of the molecule is CS(=O)(=O)C(C#N)C(=O)C1CC1. The van der Waals surface area contributed by atoms with Gasteiger partial charge in [-0.15, -0.1) is 0 Å². The van der Waals surface area contributed by atoms with Crippen LogP contribution in [0, 0.1) is 17.2 Å². The molecule has 0 heterocycles. The summed E-state index contributed by atoms with van der Waals surface area (Å²) in [7, 11) is -3.53. The van der Waals surface area contributed by atoms with Crippen molar-refractivity contribution in [2.75, 3.05) is 6.26 Å². The van der Waals surface area contributed by atoms with Crippen molar-refractivity contribution in [3.05, 3.63) is 0 Å². The van der Waals surface area contributed by atoms with Gasteiger partial charge in [0.25, 0.3) is 0 Å². The maximum absolute atomic E-state index is 11.2. The average molecular weight is 187 g/mol. The van der Waals surface area contributed by atoms with Gasteiger partial charge >= 0.3 is 0 Å². The zero-order valence-electron chi connectivity index (χ0n) is 6.65. The van der Waals surface area contributed by atoms with Crippen LogP contribution in [0.1, 0.15) is 12.8 Å². The van der Waals surface area contributed by atoms with Gasteiger partial charge in [-0.2, -0.15) is 5.26 Å². The Balaban J connectivity index is 2.83. The molecule has 0 amide bonds. The molecule has 12 heavy (non-hydrogen) atoms. The number of nitriles is 1. The van der Waals surface area contributed by atoms with Crippen molar-refractivity contribution in [3.8, 4) is 6.07 Å². The number of nitrogens with zero attached hydrogens (tertiary/aromatic N) is 1. The summed E-state index contributed by atoms with van der Waals surface area (Å²) < 4.78 is 21.8.